The number of carbonyl (C=O) groups excluding carboxylic acids is 1. The second-order valence-corrected chi connectivity index (χ2v) is 3.15. The fourth-order valence-corrected chi connectivity index (χ4v) is 1.23. The normalized spacial score (nSPS) is 10.6. The highest BCUT2D eigenvalue weighted by atomic mass is 16.5. The smallest absolute Gasteiger partial charge is 0.427 e. The molecular formula is C11H10N4O2. The SMILES string of the molecule is COC(=O)NN=Cc1cnc2ccccc2n1. The summed E-state index contributed by atoms with van der Waals surface area (Å²) in [5.41, 5.74) is 4.31. The minimum absolute atomic E-state index is 0.556. The average Bonchev–Trinajstić information content (AvgIpc) is 2.38. The molecule has 0 saturated heterocycles. The molecule has 0 spiro atoms. The third kappa shape index (κ3) is 2.75. The van der Waals surface area contributed by atoms with Crippen LogP contribution in [0.2, 0.25) is 0 Å². The number of hydrogen-bond donors (Lipinski definition) is 1. The maximum absolute atomic E-state index is 10.7. The third-order valence-corrected chi connectivity index (χ3v) is 2.01. The molecule has 1 amide bonds. The van der Waals surface area contributed by atoms with Crippen molar-refractivity contribution in [3.63, 3.8) is 0 Å². The number of aromatic nitrogens is 2. The second-order valence-electron chi connectivity index (χ2n) is 3.15. The zero-order chi connectivity index (χ0) is 12.1. The van der Waals surface area contributed by atoms with E-state index < -0.39 is 6.09 Å². The van der Waals surface area contributed by atoms with Crippen LogP contribution in [0, 0.1) is 0 Å². The summed E-state index contributed by atoms with van der Waals surface area (Å²) in [5, 5.41) is 3.67. The van der Waals surface area contributed by atoms with E-state index in [9.17, 15) is 4.79 Å². The van der Waals surface area contributed by atoms with E-state index in [4.69, 9.17) is 0 Å². The van der Waals surface area contributed by atoms with Crippen molar-refractivity contribution < 1.29 is 9.53 Å². The quantitative estimate of drug-likeness (QED) is 0.623. The Bertz CT molecular complexity index is 568. The van der Waals surface area contributed by atoms with Gasteiger partial charge < -0.3 is 4.74 Å². The Morgan fingerprint density at radius 3 is 2.94 bits per heavy atom. The Morgan fingerprint density at radius 2 is 2.18 bits per heavy atom. The van der Waals surface area contributed by atoms with Gasteiger partial charge in [0.05, 0.1) is 30.6 Å². The Balaban J connectivity index is 2.16. The summed E-state index contributed by atoms with van der Waals surface area (Å²) in [6.45, 7) is 0. The standard InChI is InChI=1S/C11H10N4O2/c1-17-11(16)15-13-7-8-6-12-9-4-2-3-5-10(9)14-8/h2-7H,1H3,(H,15,16). The highest BCUT2D eigenvalue weighted by Crippen LogP contribution is 2.07. The van der Waals surface area contributed by atoms with Crippen molar-refractivity contribution in [2.24, 2.45) is 5.10 Å². The fraction of sp³-hybridized carbons (Fsp3) is 0.0909. The molecule has 1 N–H and O–H groups in total. The van der Waals surface area contributed by atoms with Crippen LogP contribution in [-0.4, -0.2) is 29.4 Å². The molecule has 86 valence electrons. The highest BCUT2D eigenvalue weighted by molar-refractivity contribution is 5.82. The maximum Gasteiger partial charge on any atom is 0.427 e. The Labute approximate surface area is 97.3 Å². The van der Waals surface area contributed by atoms with Gasteiger partial charge in [-0.2, -0.15) is 5.10 Å². The molecular weight excluding hydrogens is 220 g/mol. The molecule has 0 unspecified atom stereocenters. The summed E-state index contributed by atoms with van der Waals surface area (Å²) >= 11 is 0. The number of ether oxygens (including phenoxy) is 1. The number of amides is 1. The number of nitrogens with one attached hydrogen (secondary N) is 1. The van der Waals surface area contributed by atoms with E-state index in [1.54, 1.807) is 6.20 Å². The van der Waals surface area contributed by atoms with E-state index in [0.29, 0.717) is 5.69 Å². The Kier molecular flexibility index (Phi) is 3.25. The summed E-state index contributed by atoms with van der Waals surface area (Å²) < 4.78 is 4.36. The minimum atomic E-state index is -0.630. The largest absolute Gasteiger partial charge is 0.452 e. The molecule has 0 aliphatic heterocycles. The van der Waals surface area contributed by atoms with Gasteiger partial charge in [-0.3, -0.25) is 4.98 Å². The molecule has 0 bridgehead atoms. The number of carbonyl (C=O) groups is 1. The maximum atomic E-state index is 10.7. The van der Waals surface area contributed by atoms with E-state index in [2.05, 4.69) is 25.2 Å². The van der Waals surface area contributed by atoms with Crippen LogP contribution in [0.15, 0.2) is 35.6 Å². The summed E-state index contributed by atoms with van der Waals surface area (Å²) in [7, 11) is 1.26. The van der Waals surface area contributed by atoms with Gasteiger partial charge in [0.1, 0.15) is 5.69 Å². The van der Waals surface area contributed by atoms with Gasteiger partial charge in [0.25, 0.3) is 0 Å². The molecule has 0 aliphatic carbocycles. The van der Waals surface area contributed by atoms with Gasteiger partial charge in [-0.1, -0.05) is 12.1 Å². The van der Waals surface area contributed by atoms with Crippen LogP contribution < -0.4 is 5.43 Å². The van der Waals surface area contributed by atoms with Crippen molar-refractivity contribution in [3.8, 4) is 0 Å². The molecule has 0 radical (unpaired) electrons. The van der Waals surface area contributed by atoms with Gasteiger partial charge >= 0.3 is 6.09 Å². The molecule has 2 rings (SSSR count). The van der Waals surface area contributed by atoms with Crippen molar-refractivity contribution in [2.45, 2.75) is 0 Å². The zero-order valence-electron chi connectivity index (χ0n) is 9.12. The molecule has 1 aromatic heterocycles. The van der Waals surface area contributed by atoms with E-state index in [-0.39, 0.29) is 0 Å². The number of methoxy groups -OCH3 is 1. The molecule has 6 nitrogen and oxygen atoms in total. The Morgan fingerprint density at radius 1 is 1.41 bits per heavy atom. The first-order valence-corrected chi connectivity index (χ1v) is 4.88. The van der Waals surface area contributed by atoms with Gasteiger partial charge in [0, 0.05) is 0 Å². The number of rotatable bonds is 2. The van der Waals surface area contributed by atoms with Gasteiger partial charge in [0.15, 0.2) is 0 Å². The second kappa shape index (κ2) is 5.02. The molecule has 6 heteroatoms. The first-order valence-electron chi connectivity index (χ1n) is 4.88. The van der Waals surface area contributed by atoms with E-state index in [1.807, 2.05) is 24.3 Å². The molecule has 0 atom stereocenters. The molecule has 0 saturated carbocycles. The van der Waals surface area contributed by atoms with Crippen LogP contribution in [-0.2, 0) is 4.74 Å². The van der Waals surface area contributed by atoms with Crippen LogP contribution in [0.3, 0.4) is 0 Å². The number of benzene rings is 1. The van der Waals surface area contributed by atoms with Crippen LogP contribution >= 0.6 is 0 Å². The van der Waals surface area contributed by atoms with Crippen molar-refractivity contribution in [1.82, 2.24) is 15.4 Å². The summed E-state index contributed by atoms with van der Waals surface area (Å²) in [5.74, 6) is 0. The Hall–Kier alpha value is -2.50. The number of fused-ring (bicyclic) bond motifs is 1. The highest BCUT2D eigenvalue weighted by Gasteiger charge is 1.97. The lowest BCUT2D eigenvalue weighted by atomic mass is 10.3. The average molecular weight is 230 g/mol. The van der Waals surface area contributed by atoms with E-state index in [0.717, 1.165) is 11.0 Å². The predicted molar refractivity (Wildman–Crippen MR) is 62.7 cm³/mol. The zero-order valence-corrected chi connectivity index (χ0v) is 9.12. The monoisotopic (exact) mass is 230 g/mol. The lowest BCUT2D eigenvalue weighted by Crippen LogP contribution is -2.16. The molecule has 2 aromatic rings. The van der Waals surface area contributed by atoms with Crippen molar-refractivity contribution in [2.75, 3.05) is 7.11 Å². The minimum Gasteiger partial charge on any atom is -0.452 e. The lowest BCUT2D eigenvalue weighted by Gasteiger charge is -1.97. The van der Waals surface area contributed by atoms with Gasteiger partial charge in [-0.05, 0) is 12.1 Å². The number of hydrogen-bond acceptors (Lipinski definition) is 5. The third-order valence-electron chi connectivity index (χ3n) is 2.01. The summed E-state index contributed by atoms with van der Waals surface area (Å²) in [6.07, 6.45) is 2.34. The molecule has 1 heterocycles. The predicted octanol–water partition coefficient (Wildman–Crippen LogP) is 1.32. The van der Waals surface area contributed by atoms with Gasteiger partial charge in [-0.15, -0.1) is 0 Å². The molecule has 0 fully saturated rings. The number of para-hydroxylation sites is 2. The summed E-state index contributed by atoms with van der Waals surface area (Å²) in [4.78, 5) is 19.2. The van der Waals surface area contributed by atoms with Crippen molar-refractivity contribution in [3.05, 3.63) is 36.2 Å². The molecule has 0 aliphatic rings. The van der Waals surface area contributed by atoms with Crippen LogP contribution in [0.25, 0.3) is 11.0 Å². The van der Waals surface area contributed by atoms with E-state index in [1.165, 1.54) is 13.3 Å². The lowest BCUT2D eigenvalue weighted by molar-refractivity contribution is 0.171. The van der Waals surface area contributed by atoms with Crippen LogP contribution in [0.1, 0.15) is 5.69 Å². The van der Waals surface area contributed by atoms with Gasteiger partial charge in [0.2, 0.25) is 0 Å². The first-order chi connectivity index (χ1) is 8.29. The van der Waals surface area contributed by atoms with Crippen LogP contribution in [0.4, 0.5) is 4.79 Å². The van der Waals surface area contributed by atoms with Gasteiger partial charge in [-0.25, -0.2) is 15.2 Å². The molecule has 17 heavy (non-hydrogen) atoms. The van der Waals surface area contributed by atoms with E-state index >= 15 is 0 Å². The van der Waals surface area contributed by atoms with Crippen molar-refractivity contribution in [1.29, 1.82) is 0 Å². The topological polar surface area (TPSA) is 76.5 Å². The molecule has 1 aromatic carbocycles. The van der Waals surface area contributed by atoms with Crippen LogP contribution in [0.5, 0.6) is 0 Å². The first kappa shape index (κ1) is 11.0. The summed E-state index contributed by atoms with van der Waals surface area (Å²) in [6, 6.07) is 7.50. The fourth-order valence-electron chi connectivity index (χ4n) is 1.23. The number of hydrazone groups is 1. The van der Waals surface area contributed by atoms with Crippen molar-refractivity contribution >= 4 is 23.3 Å². The number of nitrogens with zero attached hydrogens (tertiary/aromatic N) is 3.